The van der Waals surface area contributed by atoms with Crippen LogP contribution < -0.4 is 14.2 Å². The van der Waals surface area contributed by atoms with Crippen molar-refractivity contribution in [3.63, 3.8) is 0 Å². The molecule has 0 fully saturated rings. The molecule has 0 spiro atoms. The Labute approximate surface area is 180 Å². The standard InChI is InChI=1S/C25H23FN2O3/c1-3-30-23-9-5-8-20-22-15-21(16-10-12-19(29-2)13-11-16)27-28(22)25(31-24(20)23)17-6-4-7-18(26)14-17/h4-14,22,25H,3,15H2,1-2H3/t22-,25+/m0/s1. The van der Waals surface area contributed by atoms with E-state index in [1.165, 1.54) is 12.1 Å². The molecule has 0 N–H and O–H groups in total. The zero-order valence-electron chi connectivity index (χ0n) is 17.4. The molecule has 0 unspecified atom stereocenters. The van der Waals surface area contributed by atoms with Crippen LogP contribution >= 0.6 is 0 Å². The highest BCUT2D eigenvalue weighted by atomic mass is 19.1. The molecule has 2 atom stereocenters. The van der Waals surface area contributed by atoms with Crippen LogP contribution in [0.1, 0.15) is 42.3 Å². The van der Waals surface area contributed by atoms with E-state index in [0.29, 0.717) is 30.1 Å². The van der Waals surface area contributed by atoms with Crippen LogP contribution in [-0.2, 0) is 0 Å². The molecule has 2 aliphatic heterocycles. The van der Waals surface area contributed by atoms with Gasteiger partial charge in [0.25, 0.3) is 0 Å². The molecule has 0 aromatic heterocycles. The smallest absolute Gasteiger partial charge is 0.214 e. The minimum Gasteiger partial charge on any atom is -0.497 e. The third-order valence-corrected chi connectivity index (χ3v) is 5.64. The van der Waals surface area contributed by atoms with Crippen molar-refractivity contribution in [3.8, 4) is 17.2 Å². The van der Waals surface area contributed by atoms with E-state index in [0.717, 1.165) is 22.6 Å². The first-order valence-electron chi connectivity index (χ1n) is 10.4. The second-order valence-corrected chi connectivity index (χ2v) is 7.51. The van der Waals surface area contributed by atoms with Gasteiger partial charge in [-0.05, 0) is 55.0 Å². The zero-order valence-corrected chi connectivity index (χ0v) is 17.4. The van der Waals surface area contributed by atoms with Gasteiger partial charge in [-0.15, -0.1) is 0 Å². The average Bonchev–Trinajstić information content (AvgIpc) is 3.25. The fourth-order valence-electron chi connectivity index (χ4n) is 4.19. The maximum atomic E-state index is 14.0. The van der Waals surface area contributed by atoms with Crippen LogP contribution in [0.15, 0.2) is 71.8 Å². The highest BCUT2D eigenvalue weighted by Crippen LogP contribution is 2.50. The van der Waals surface area contributed by atoms with Crippen molar-refractivity contribution >= 4 is 5.71 Å². The molecule has 5 rings (SSSR count). The summed E-state index contributed by atoms with van der Waals surface area (Å²) < 4.78 is 31.5. The highest BCUT2D eigenvalue weighted by molar-refractivity contribution is 6.02. The van der Waals surface area contributed by atoms with Gasteiger partial charge in [-0.25, -0.2) is 9.40 Å². The Morgan fingerprint density at radius 2 is 1.90 bits per heavy atom. The van der Waals surface area contributed by atoms with Gasteiger partial charge in [-0.2, -0.15) is 5.10 Å². The summed E-state index contributed by atoms with van der Waals surface area (Å²) in [7, 11) is 1.65. The predicted octanol–water partition coefficient (Wildman–Crippen LogP) is 5.48. The molecule has 0 amide bonds. The van der Waals surface area contributed by atoms with Gasteiger partial charge in [0, 0.05) is 17.5 Å². The van der Waals surface area contributed by atoms with Crippen LogP contribution in [-0.4, -0.2) is 24.4 Å². The van der Waals surface area contributed by atoms with Crippen molar-refractivity contribution in [2.45, 2.75) is 25.6 Å². The number of para-hydroxylation sites is 1. The summed E-state index contributed by atoms with van der Waals surface area (Å²) in [5.74, 6) is 1.89. The summed E-state index contributed by atoms with van der Waals surface area (Å²) in [6, 6.07) is 20.2. The summed E-state index contributed by atoms with van der Waals surface area (Å²) >= 11 is 0. The normalized spacial score (nSPS) is 19.2. The van der Waals surface area contributed by atoms with E-state index in [-0.39, 0.29) is 11.9 Å². The summed E-state index contributed by atoms with van der Waals surface area (Å²) in [6.45, 7) is 2.48. The lowest BCUT2D eigenvalue weighted by atomic mass is 9.95. The van der Waals surface area contributed by atoms with E-state index in [1.807, 2.05) is 60.5 Å². The highest BCUT2D eigenvalue weighted by Gasteiger charge is 2.42. The van der Waals surface area contributed by atoms with E-state index in [9.17, 15) is 4.39 Å². The number of ether oxygens (including phenoxy) is 3. The first kappa shape index (κ1) is 19.4. The van der Waals surface area contributed by atoms with Crippen LogP contribution in [0.3, 0.4) is 0 Å². The van der Waals surface area contributed by atoms with Gasteiger partial charge < -0.3 is 14.2 Å². The lowest BCUT2D eigenvalue weighted by Crippen LogP contribution is -2.34. The van der Waals surface area contributed by atoms with Gasteiger partial charge in [0.2, 0.25) is 6.23 Å². The summed E-state index contributed by atoms with van der Waals surface area (Å²) in [6.07, 6.45) is 0.162. The van der Waals surface area contributed by atoms with Gasteiger partial charge in [-0.1, -0.05) is 24.3 Å². The van der Waals surface area contributed by atoms with Crippen molar-refractivity contribution in [1.82, 2.24) is 5.01 Å². The van der Waals surface area contributed by atoms with E-state index in [2.05, 4.69) is 0 Å². The van der Waals surface area contributed by atoms with Gasteiger partial charge in [0.15, 0.2) is 11.5 Å². The largest absolute Gasteiger partial charge is 0.497 e. The lowest BCUT2D eigenvalue weighted by molar-refractivity contribution is -0.0214. The molecule has 31 heavy (non-hydrogen) atoms. The number of hydrazone groups is 1. The third kappa shape index (κ3) is 3.48. The molecular weight excluding hydrogens is 395 g/mol. The van der Waals surface area contributed by atoms with Gasteiger partial charge in [0.05, 0.1) is 25.5 Å². The number of rotatable bonds is 5. The number of hydrogen-bond donors (Lipinski definition) is 0. The van der Waals surface area contributed by atoms with Gasteiger partial charge in [0.1, 0.15) is 11.6 Å². The van der Waals surface area contributed by atoms with Crippen LogP contribution in [0.5, 0.6) is 17.2 Å². The van der Waals surface area contributed by atoms with Gasteiger partial charge in [-0.3, -0.25) is 0 Å². The van der Waals surface area contributed by atoms with Crippen molar-refractivity contribution in [1.29, 1.82) is 0 Å². The lowest BCUT2D eigenvalue weighted by Gasteiger charge is -2.38. The van der Waals surface area contributed by atoms with Crippen LogP contribution in [0, 0.1) is 5.82 Å². The zero-order chi connectivity index (χ0) is 21.4. The fraction of sp³-hybridized carbons (Fsp3) is 0.240. The fourth-order valence-corrected chi connectivity index (χ4v) is 4.19. The van der Waals surface area contributed by atoms with Crippen LogP contribution in [0.4, 0.5) is 4.39 Å². The second kappa shape index (κ2) is 7.95. The first-order chi connectivity index (χ1) is 15.2. The Morgan fingerprint density at radius 1 is 1.10 bits per heavy atom. The number of hydrogen-bond acceptors (Lipinski definition) is 5. The molecule has 0 saturated heterocycles. The Balaban J connectivity index is 1.59. The maximum Gasteiger partial charge on any atom is 0.214 e. The maximum absolute atomic E-state index is 14.0. The van der Waals surface area contributed by atoms with Crippen molar-refractivity contribution in [3.05, 3.63) is 89.2 Å². The van der Waals surface area contributed by atoms with Crippen molar-refractivity contribution < 1.29 is 18.6 Å². The molecular formula is C25H23FN2O3. The third-order valence-electron chi connectivity index (χ3n) is 5.64. The number of methoxy groups -OCH3 is 1. The van der Waals surface area contributed by atoms with Crippen molar-refractivity contribution in [2.75, 3.05) is 13.7 Å². The molecule has 2 aliphatic rings. The molecule has 5 nitrogen and oxygen atoms in total. The predicted molar refractivity (Wildman–Crippen MR) is 116 cm³/mol. The Morgan fingerprint density at radius 3 is 2.65 bits per heavy atom. The molecule has 158 valence electrons. The summed E-state index contributed by atoms with van der Waals surface area (Å²) in [5, 5.41) is 6.86. The SMILES string of the molecule is CCOc1cccc2c1O[C@H](c1cccc(F)c1)N1N=C(c3ccc(OC)cc3)C[C@@H]21. The molecule has 3 aromatic carbocycles. The van der Waals surface area contributed by atoms with E-state index >= 15 is 0 Å². The number of benzene rings is 3. The average molecular weight is 418 g/mol. The molecule has 0 saturated carbocycles. The topological polar surface area (TPSA) is 43.3 Å². The monoisotopic (exact) mass is 418 g/mol. The van der Waals surface area contributed by atoms with E-state index in [1.54, 1.807) is 13.2 Å². The van der Waals surface area contributed by atoms with Crippen LogP contribution in [0.25, 0.3) is 0 Å². The molecule has 3 aromatic rings. The molecule has 6 heteroatoms. The Bertz CT molecular complexity index is 1130. The minimum absolute atomic E-state index is 0.0328. The molecule has 2 heterocycles. The Hall–Kier alpha value is -3.54. The molecule has 0 bridgehead atoms. The van der Waals surface area contributed by atoms with E-state index < -0.39 is 6.23 Å². The Kier molecular flexibility index (Phi) is 4.98. The number of nitrogens with zero attached hydrogens (tertiary/aromatic N) is 2. The molecule has 0 radical (unpaired) electrons. The first-order valence-corrected chi connectivity index (χ1v) is 10.4. The van der Waals surface area contributed by atoms with Crippen LogP contribution in [0.2, 0.25) is 0 Å². The molecule has 0 aliphatic carbocycles. The number of halogens is 1. The van der Waals surface area contributed by atoms with Crippen molar-refractivity contribution in [2.24, 2.45) is 5.10 Å². The second-order valence-electron chi connectivity index (χ2n) is 7.51. The summed E-state index contributed by atoms with van der Waals surface area (Å²) in [4.78, 5) is 0. The summed E-state index contributed by atoms with van der Waals surface area (Å²) in [5.41, 5.74) is 3.70. The minimum atomic E-state index is -0.550. The van der Waals surface area contributed by atoms with E-state index in [4.69, 9.17) is 19.3 Å². The quantitative estimate of drug-likeness (QED) is 0.551. The van der Waals surface area contributed by atoms with Gasteiger partial charge >= 0.3 is 0 Å². The number of fused-ring (bicyclic) bond motifs is 3.